The average molecular weight is 704 g/mol. The van der Waals surface area contributed by atoms with E-state index in [0.29, 0.717) is 0 Å². The molecule has 0 saturated carbocycles. The van der Waals surface area contributed by atoms with E-state index in [4.69, 9.17) is 8.83 Å². The van der Waals surface area contributed by atoms with Crippen molar-refractivity contribution in [3.8, 4) is 33.4 Å². The molecule has 0 N–H and O–H groups in total. The monoisotopic (exact) mass is 703 g/mol. The molecule has 0 bridgehead atoms. The van der Waals surface area contributed by atoms with Crippen LogP contribution < -0.4 is 4.90 Å². The number of hydrogen-bond donors (Lipinski definition) is 0. The van der Waals surface area contributed by atoms with Crippen LogP contribution in [0.3, 0.4) is 0 Å². The van der Waals surface area contributed by atoms with Crippen molar-refractivity contribution in [2.45, 2.75) is 0 Å². The van der Waals surface area contributed by atoms with E-state index >= 15 is 0 Å². The summed E-state index contributed by atoms with van der Waals surface area (Å²) in [5.41, 5.74) is 13.4. The molecule has 0 atom stereocenters. The summed E-state index contributed by atoms with van der Waals surface area (Å²) >= 11 is 0. The van der Waals surface area contributed by atoms with Crippen molar-refractivity contribution in [3.05, 3.63) is 200 Å². The fourth-order valence-corrected chi connectivity index (χ4v) is 8.15. The van der Waals surface area contributed by atoms with Gasteiger partial charge in [-0.2, -0.15) is 0 Å². The first-order valence-electron chi connectivity index (χ1n) is 18.7. The lowest BCUT2D eigenvalue weighted by atomic mass is 9.99. The van der Waals surface area contributed by atoms with Gasteiger partial charge in [-0.3, -0.25) is 0 Å². The molecule has 258 valence electrons. The number of anilines is 3. The third kappa shape index (κ3) is 5.28. The minimum absolute atomic E-state index is 0.880. The summed E-state index contributed by atoms with van der Waals surface area (Å²) in [5.74, 6) is 0. The molecular formula is C52H33NO2. The number of fused-ring (bicyclic) bond motifs is 7. The van der Waals surface area contributed by atoms with Crippen LogP contribution in [-0.4, -0.2) is 0 Å². The van der Waals surface area contributed by atoms with Crippen molar-refractivity contribution in [2.24, 2.45) is 0 Å². The SMILES string of the molecule is c1ccc(-c2ccc(N(c3ccc(-c4cccc5c4oc4ccccc45)cc3)c3cc(-c4ccccc4)c4oc5cc6ccccc6cc5c4c3)cc2)cc1. The van der Waals surface area contributed by atoms with Crippen LogP contribution in [-0.2, 0) is 0 Å². The third-order valence-corrected chi connectivity index (χ3v) is 10.8. The minimum Gasteiger partial charge on any atom is -0.455 e. The zero-order valence-electron chi connectivity index (χ0n) is 29.8. The Kier molecular flexibility index (Phi) is 7.17. The second-order valence-electron chi connectivity index (χ2n) is 14.1. The molecule has 0 spiro atoms. The summed E-state index contributed by atoms with van der Waals surface area (Å²) in [6.45, 7) is 0. The molecule has 0 unspecified atom stereocenters. The molecule has 0 fully saturated rings. The Bertz CT molecular complexity index is 3180. The van der Waals surface area contributed by atoms with Crippen LogP contribution in [0.15, 0.2) is 209 Å². The molecule has 0 radical (unpaired) electrons. The van der Waals surface area contributed by atoms with E-state index in [0.717, 1.165) is 88.6 Å². The number of nitrogens with zero attached hydrogens (tertiary/aromatic N) is 1. The Morgan fingerprint density at radius 3 is 1.58 bits per heavy atom. The van der Waals surface area contributed by atoms with Crippen LogP contribution in [0.1, 0.15) is 0 Å². The molecule has 9 aromatic carbocycles. The number of para-hydroxylation sites is 2. The topological polar surface area (TPSA) is 29.5 Å². The Morgan fingerprint density at radius 2 is 0.836 bits per heavy atom. The maximum atomic E-state index is 6.75. The van der Waals surface area contributed by atoms with Gasteiger partial charge in [0.2, 0.25) is 0 Å². The van der Waals surface area contributed by atoms with Gasteiger partial charge in [-0.1, -0.05) is 146 Å². The van der Waals surface area contributed by atoms with E-state index in [2.05, 4.69) is 193 Å². The van der Waals surface area contributed by atoms with Crippen molar-refractivity contribution in [2.75, 3.05) is 4.90 Å². The Hall–Kier alpha value is -7.36. The van der Waals surface area contributed by atoms with E-state index in [9.17, 15) is 0 Å². The minimum atomic E-state index is 0.880. The lowest BCUT2D eigenvalue weighted by Gasteiger charge is -2.27. The molecule has 3 nitrogen and oxygen atoms in total. The molecule has 0 amide bonds. The van der Waals surface area contributed by atoms with Crippen molar-refractivity contribution < 1.29 is 8.83 Å². The first-order valence-corrected chi connectivity index (χ1v) is 18.7. The number of hydrogen-bond acceptors (Lipinski definition) is 3. The van der Waals surface area contributed by atoms with Gasteiger partial charge >= 0.3 is 0 Å². The van der Waals surface area contributed by atoms with Gasteiger partial charge in [0.25, 0.3) is 0 Å². The molecule has 0 saturated heterocycles. The fraction of sp³-hybridized carbons (Fsp3) is 0. The Labute approximate surface area is 317 Å². The summed E-state index contributed by atoms with van der Waals surface area (Å²) in [4.78, 5) is 2.35. The molecule has 11 aromatic rings. The highest BCUT2D eigenvalue weighted by atomic mass is 16.3. The van der Waals surface area contributed by atoms with Gasteiger partial charge in [0.05, 0.1) is 0 Å². The maximum Gasteiger partial charge on any atom is 0.143 e. The van der Waals surface area contributed by atoms with Crippen LogP contribution in [0, 0.1) is 0 Å². The zero-order valence-corrected chi connectivity index (χ0v) is 29.8. The second kappa shape index (κ2) is 12.6. The van der Waals surface area contributed by atoms with Crippen LogP contribution in [0.2, 0.25) is 0 Å². The predicted octanol–water partition coefficient (Wildman–Crippen LogP) is 15.1. The van der Waals surface area contributed by atoms with Crippen molar-refractivity contribution in [1.29, 1.82) is 0 Å². The molecule has 55 heavy (non-hydrogen) atoms. The van der Waals surface area contributed by atoms with Crippen molar-refractivity contribution >= 4 is 71.7 Å². The van der Waals surface area contributed by atoms with Crippen molar-refractivity contribution in [3.63, 3.8) is 0 Å². The lowest BCUT2D eigenvalue weighted by Crippen LogP contribution is -2.10. The number of rotatable bonds is 6. The van der Waals surface area contributed by atoms with Gasteiger partial charge in [0, 0.05) is 49.7 Å². The molecule has 0 aliphatic rings. The Morgan fingerprint density at radius 1 is 0.291 bits per heavy atom. The summed E-state index contributed by atoms with van der Waals surface area (Å²) in [5, 5.41) is 6.78. The van der Waals surface area contributed by atoms with Crippen LogP contribution in [0.4, 0.5) is 17.1 Å². The number of furan rings is 2. The normalized spacial score (nSPS) is 11.6. The van der Waals surface area contributed by atoms with Gasteiger partial charge in [0.1, 0.15) is 22.3 Å². The van der Waals surface area contributed by atoms with Crippen molar-refractivity contribution in [1.82, 2.24) is 0 Å². The second-order valence-corrected chi connectivity index (χ2v) is 14.1. The molecule has 0 aliphatic carbocycles. The lowest BCUT2D eigenvalue weighted by molar-refractivity contribution is 0.670. The maximum absolute atomic E-state index is 6.75. The van der Waals surface area contributed by atoms with E-state index in [1.54, 1.807) is 0 Å². The summed E-state index contributed by atoms with van der Waals surface area (Å²) < 4.78 is 13.2. The fourth-order valence-electron chi connectivity index (χ4n) is 8.15. The smallest absolute Gasteiger partial charge is 0.143 e. The predicted molar refractivity (Wildman–Crippen MR) is 229 cm³/mol. The summed E-state index contributed by atoms with van der Waals surface area (Å²) in [6, 6.07) is 70.9. The highest BCUT2D eigenvalue weighted by molar-refractivity contribution is 6.15. The summed E-state index contributed by atoms with van der Waals surface area (Å²) in [6.07, 6.45) is 0. The van der Waals surface area contributed by atoms with Gasteiger partial charge in [-0.05, 0) is 87.6 Å². The standard InChI is InChI=1S/C52H33NO2/c1-3-12-34(13-4-1)35-22-26-40(27-23-35)53(41-28-24-37(25-29-41)43-19-11-20-45-44-18-9-10-21-49(44)54-51(43)45)42-32-46(36-14-5-2-6-15-36)52-48(33-42)47-30-38-16-7-8-17-39(38)31-50(47)55-52/h1-33H. The van der Waals surface area contributed by atoms with E-state index < -0.39 is 0 Å². The first-order chi connectivity index (χ1) is 27.2. The average Bonchev–Trinajstić information content (AvgIpc) is 3.82. The van der Waals surface area contributed by atoms with Gasteiger partial charge in [-0.25, -0.2) is 0 Å². The number of benzene rings is 9. The zero-order chi connectivity index (χ0) is 36.3. The highest BCUT2D eigenvalue weighted by Crippen LogP contribution is 2.45. The van der Waals surface area contributed by atoms with Gasteiger partial charge in [-0.15, -0.1) is 0 Å². The van der Waals surface area contributed by atoms with Crippen LogP contribution in [0.5, 0.6) is 0 Å². The van der Waals surface area contributed by atoms with E-state index in [1.165, 1.54) is 16.5 Å². The molecule has 11 rings (SSSR count). The highest BCUT2D eigenvalue weighted by Gasteiger charge is 2.21. The largest absolute Gasteiger partial charge is 0.455 e. The first kappa shape index (κ1) is 31.2. The molecular weight excluding hydrogens is 671 g/mol. The van der Waals surface area contributed by atoms with Gasteiger partial charge in [0.15, 0.2) is 0 Å². The molecule has 0 aliphatic heterocycles. The molecule has 2 heterocycles. The van der Waals surface area contributed by atoms with Gasteiger partial charge < -0.3 is 13.7 Å². The quantitative estimate of drug-likeness (QED) is 0.173. The van der Waals surface area contributed by atoms with E-state index in [-0.39, 0.29) is 0 Å². The Balaban J connectivity index is 1.12. The van der Waals surface area contributed by atoms with Crippen LogP contribution in [0.25, 0.3) is 88.0 Å². The third-order valence-electron chi connectivity index (χ3n) is 10.8. The molecule has 2 aromatic heterocycles. The van der Waals surface area contributed by atoms with Crippen LogP contribution >= 0.6 is 0 Å². The summed E-state index contributed by atoms with van der Waals surface area (Å²) in [7, 11) is 0. The molecule has 3 heteroatoms. The van der Waals surface area contributed by atoms with E-state index in [1.807, 2.05) is 12.1 Å².